The van der Waals surface area contributed by atoms with Gasteiger partial charge in [-0.25, -0.2) is 0 Å². The summed E-state index contributed by atoms with van der Waals surface area (Å²) in [4.78, 5) is 24.2. The SMILES string of the molecule is CC(=O)[C@H]1CC[C@H]2[C@@H]3CCC4=CC(=O)CC[C@]4(C)[C@H]3[C@@H]3O[C@H]3[C@]12C. The van der Waals surface area contributed by atoms with E-state index in [1.54, 1.807) is 6.92 Å². The number of carbonyl (C=O) groups is 2. The summed E-state index contributed by atoms with van der Waals surface area (Å²) in [5.41, 5.74) is 1.59. The van der Waals surface area contributed by atoms with Gasteiger partial charge in [0.05, 0.1) is 12.2 Å². The lowest BCUT2D eigenvalue weighted by molar-refractivity contribution is -0.127. The molecule has 1 heterocycles. The van der Waals surface area contributed by atoms with Gasteiger partial charge < -0.3 is 4.74 Å². The van der Waals surface area contributed by atoms with E-state index in [0.717, 1.165) is 19.3 Å². The van der Waals surface area contributed by atoms with Crippen molar-refractivity contribution >= 4 is 11.6 Å². The largest absolute Gasteiger partial charge is 0.369 e. The summed E-state index contributed by atoms with van der Waals surface area (Å²) in [6.45, 7) is 6.51. The maximum Gasteiger partial charge on any atom is 0.155 e. The van der Waals surface area contributed by atoms with Crippen LogP contribution in [-0.2, 0) is 14.3 Å². The van der Waals surface area contributed by atoms with Crippen LogP contribution in [0.1, 0.15) is 59.3 Å². The molecule has 1 aliphatic heterocycles. The molecule has 1 saturated heterocycles. The molecule has 130 valence electrons. The molecule has 3 heteroatoms. The minimum absolute atomic E-state index is 0.0553. The number of rotatable bonds is 1. The van der Waals surface area contributed by atoms with Crippen LogP contribution in [0.2, 0.25) is 0 Å². The number of epoxide rings is 1. The molecule has 4 fully saturated rings. The van der Waals surface area contributed by atoms with E-state index >= 15 is 0 Å². The van der Waals surface area contributed by atoms with E-state index in [4.69, 9.17) is 4.74 Å². The highest BCUT2D eigenvalue weighted by Crippen LogP contribution is 2.71. The van der Waals surface area contributed by atoms with Crippen molar-refractivity contribution in [3.8, 4) is 0 Å². The highest BCUT2D eigenvalue weighted by Gasteiger charge is 2.73. The first kappa shape index (κ1) is 15.3. The Morgan fingerprint density at radius 1 is 1.21 bits per heavy atom. The fourth-order valence-corrected chi connectivity index (χ4v) is 7.60. The molecule has 3 saturated carbocycles. The van der Waals surface area contributed by atoms with Gasteiger partial charge in [-0.1, -0.05) is 19.4 Å². The first-order valence-corrected chi connectivity index (χ1v) is 9.77. The molecule has 5 rings (SSSR count). The molecule has 8 atom stereocenters. The average molecular weight is 328 g/mol. The third kappa shape index (κ3) is 1.67. The van der Waals surface area contributed by atoms with E-state index in [1.807, 2.05) is 6.08 Å². The highest BCUT2D eigenvalue weighted by molar-refractivity contribution is 5.91. The van der Waals surface area contributed by atoms with Crippen LogP contribution in [-0.4, -0.2) is 23.8 Å². The van der Waals surface area contributed by atoms with Crippen molar-refractivity contribution < 1.29 is 14.3 Å². The first-order valence-electron chi connectivity index (χ1n) is 9.77. The average Bonchev–Trinajstić information content (AvgIpc) is 3.24. The molecule has 0 aromatic rings. The fraction of sp³-hybridized carbons (Fsp3) is 0.810. The lowest BCUT2D eigenvalue weighted by atomic mass is 9.46. The van der Waals surface area contributed by atoms with E-state index in [0.29, 0.717) is 41.8 Å². The van der Waals surface area contributed by atoms with Gasteiger partial charge in [-0.3, -0.25) is 9.59 Å². The van der Waals surface area contributed by atoms with Crippen LogP contribution in [0.5, 0.6) is 0 Å². The van der Waals surface area contributed by atoms with Crippen molar-refractivity contribution in [1.29, 1.82) is 0 Å². The quantitative estimate of drug-likeness (QED) is 0.689. The molecule has 0 unspecified atom stereocenters. The molecular formula is C21H28O3. The molecule has 0 amide bonds. The van der Waals surface area contributed by atoms with Crippen LogP contribution < -0.4 is 0 Å². The van der Waals surface area contributed by atoms with Crippen LogP contribution in [0.4, 0.5) is 0 Å². The van der Waals surface area contributed by atoms with Crippen molar-refractivity contribution in [2.24, 2.45) is 34.5 Å². The summed E-state index contributed by atoms with van der Waals surface area (Å²) in [6, 6.07) is 0. The molecule has 3 nitrogen and oxygen atoms in total. The predicted octanol–water partition coefficient (Wildman–Crippen LogP) is 3.71. The summed E-state index contributed by atoms with van der Waals surface area (Å²) < 4.78 is 6.32. The Bertz CT molecular complexity index is 664. The van der Waals surface area contributed by atoms with Crippen molar-refractivity contribution in [3.63, 3.8) is 0 Å². The summed E-state index contributed by atoms with van der Waals surface area (Å²) in [7, 11) is 0. The molecule has 4 aliphatic carbocycles. The Balaban J connectivity index is 1.56. The molecule has 24 heavy (non-hydrogen) atoms. The number of hydrogen-bond donors (Lipinski definition) is 0. The second-order valence-corrected chi connectivity index (χ2v) is 9.52. The summed E-state index contributed by atoms with van der Waals surface area (Å²) in [5.74, 6) is 2.70. The van der Waals surface area contributed by atoms with Crippen LogP contribution in [0, 0.1) is 34.5 Å². The Labute approximate surface area is 144 Å². The predicted molar refractivity (Wildman–Crippen MR) is 90.3 cm³/mol. The Hall–Kier alpha value is -0.960. The number of ketones is 2. The number of carbonyl (C=O) groups excluding carboxylic acids is 2. The Kier molecular flexibility index (Phi) is 2.94. The maximum atomic E-state index is 12.3. The zero-order valence-corrected chi connectivity index (χ0v) is 15.0. The van der Waals surface area contributed by atoms with Crippen LogP contribution in [0.25, 0.3) is 0 Å². The van der Waals surface area contributed by atoms with E-state index in [9.17, 15) is 9.59 Å². The van der Waals surface area contributed by atoms with Gasteiger partial charge >= 0.3 is 0 Å². The number of fused-ring (bicyclic) bond motifs is 8. The van der Waals surface area contributed by atoms with Crippen molar-refractivity contribution in [1.82, 2.24) is 0 Å². The van der Waals surface area contributed by atoms with Crippen molar-refractivity contribution in [2.45, 2.75) is 71.5 Å². The Morgan fingerprint density at radius 3 is 2.75 bits per heavy atom. The van der Waals surface area contributed by atoms with Gasteiger partial charge in [-0.15, -0.1) is 0 Å². The zero-order valence-electron chi connectivity index (χ0n) is 15.0. The second kappa shape index (κ2) is 4.60. The lowest BCUT2D eigenvalue weighted by Gasteiger charge is -2.56. The molecule has 0 radical (unpaired) electrons. The van der Waals surface area contributed by atoms with Crippen LogP contribution >= 0.6 is 0 Å². The van der Waals surface area contributed by atoms with Gasteiger partial charge in [-0.05, 0) is 68.3 Å². The number of ether oxygens (including phenoxy) is 1. The summed E-state index contributed by atoms with van der Waals surface area (Å²) in [5, 5.41) is 0. The van der Waals surface area contributed by atoms with E-state index in [2.05, 4.69) is 13.8 Å². The van der Waals surface area contributed by atoms with Crippen LogP contribution in [0.3, 0.4) is 0 Å². The molecule has 0 N–H and O–H groups in total. The van der Waals surface area contributed by atoms with E-state index in [1.165, 1.54) is 18.4 Å². The number of Topliss-reactive ketones (excluding diaryl/α,β-unsaturated/α-hetero) is 1. The monoisotopic (exact) mass is 328 g/mol. The molecule has 0 aromatic heterocycles. The highest BCUT2D eigenvalue weighted by atomic mass is 16.6. The van der Waals surface area contributed by atoms with Gasteiger partial charge in [0.1, 0.15) is 5.78 Å². The summed E-state index contributed by atoms with van der Waals surface area (Å²) in [6.07, 6.45) is 8.70. The van der Waals surface area contributed by atoms with Crippen molar-refractivity contribution in [3.05, 3.63) is 11.6 Å². The van der Waals surface area contributed by atoms with E-state index < -0.39 is 0 Å². The normalized spacial score (nSPS) is 55.0. The molecular weight excluding hydrogens is 300 g/mol. The first-order chi connectivity index (χ1) is 11.4. The number of allylic oxidation sites excluding steroid dienone is 1. The van der Waals surface area contributed by atoms with Crippen LogP contribution in [0.15, 0.2) is 11.6 Å². The smallest absolute Gasteiger partial charge is 0.155 e. The summed E-state index contributed by atoms with van der Waals surface area (Å²) >= 11 is 0. The van der Waals surface area contributed by atoms with Gasteiger partial charge in [0.2, 0.25) is 0 Å². The lowest BCUT2D eigenvalue weighted by Crippen LogP contribution is -2.55. The molecule has 0 spiro atoms. The van der Waals surface area contributed by atoms with Gasteiger partial charge in [0, 0.05) is 17.8 Å². The van der Waals surface area contributed by atoms with E-state index in [-0.39, 0.29) is 22.9 Å². The zero-order chi connectivity index (χ0) is 16.9. The van der Waals surface area contributed by atoms with Gasteiger partial charge in [-0.2, -0.15) is 0 Å². The topological polar surface area (TPSA) is 46.7 Å². The Morgan fingerprint density at radius 2 is 2.00 bits per heavy atom. The molecule has 5 aliphatic rings. The number of hydrogen-bond acceptors (Lipinski definition) is 3. The minimum atomic E-state index is 0.0553. The molecule has 0 aromatic carbocycles. The third-order valence-electron chi connectivity index (χ3n) is 8.72. The second-order valence-electron chi connectivity index (χ2n) is 9.52. The maximum absolute atomic E-state index is 12.3. The van der Waals surface area contributed by atoms with Crippen molar-refractivity contribution in [2.75, 3.05) is 0 Å². The fourth-order valence-electron chi connectivity index (χ4n) is 7.60. The molecule has 0 bridgehead atoms. The van der Waals surface area contributed by atoms with Gasteiger partial charge in [0.15, 0.2) is 5.78 Å². The third-order valence-corrected chi connectivity index (χ3v) is 8.72. The van der Waals surface area contributed by atoms with Gasteiger partial charge in [0.25, 0.3) is 0 Å². The standard InChI is InChI=1S/C21H28O3/c1-11(22)15-6-7-16-14-5-4-12-10-13(23)8-9-20(12,2)17(14)18-19(24-18)21(15,16)3/h10,14-19H,4-9H2,1-3H3/t14-,15+,16-,17+,18-,19+,20-,21+/m0/s1. The minimum Gasteiger partial charge on any atom is -0.369 e.